The molecular weight excluding hydrogens is 406 g/mol. The highest BCUT2D eigenvalue weighted by molar-refractivity contribution is 8.26. The van der Waals surface area contributed by atoms with E-state index < -0.39 is 0 Å². The summed E-state index contributed by atoms with van der Waals surface area (Å²) >= 11 is 1.15. The molecule has 1 atom stereocenters. The number of aliphatic imine (C=N–C) groups is 1. The third kappa shape index (κ3) is 5.68. The molecule has 0 spiro atoms. The van der Waals surface area contributed by atoms with Gasteiger partial charge >= 0.3 is 0 Å². The molecule has 160 valence electrons. The number of rotatable bonds is 6. The van der Waals surface area contributed by atoms with Crippen LogP contribution < -0.4 is 16.8 Å². The van der Waals surface area contributed by atoms with Gasteiger partial charge in [-0.2, -0.15) is 0 Å². The zero-order valence-electron chi connectivity index (χ0n) is 17.8. The number of nitrogens with two attached hydrogens (primary N) is 2. The maximum Gasteiger partial charge on any atom is 0.166 e. The van der Waals surface area contributed by atoms with Gasteiger partial charge in [-0.3, -0.25) is 10.4 Å². The normalized spacial score (nSPS) is 13.5. The fraction of sp³-hybridized carbons (Fsp3) is 0.217. The van der Waals surface area contributed by atoms with Gasteiger partial charge in [0.2, 0.25) is 0 Å². The van der Waals surface area contributed by atoms with E-state index in [0.29, 0.717) is 16.4 Å². The number of hydrogen-bond acceptors (Lipinski definition) is 7. The van der Waals surface area contributed by atoms with E-state index in [1.54, 1.807) is 12.3 Å². The van der Waals surface area contributed by atoms with Crippen molar-refractivity contribution in [3.8, 4) is 0 Å². The van der Waals surface area contributed by atoms with Crippen molar-refractivity contribution in [2.75, 3.05) is 7.05 Å². The Labute approximate surface area is 186 Å². The zero-order valence-corrected chi connectivity index (χ0v) is 18.6. The number of nitrogens with zero attached hydrogens (tertiary/aromatic N) is 3. The van der Waals surface area contributed by atoms with Gasteiger partial charge in [0.05, 0.1) is 22.1 Å². The van der Waals surface area contributed by atoms with Crippen LogP contribution in [-0.4, -0.2) is 27.2 Å². The Kier molecular flexibility index (Phi) is 7.38. The average molecular weight is 434 g/mol. The number of hydrogen-bond donors (Lipinski definition) is 4. The van der Waals surface area contributed by atoms with Gasteiger partial charge in [0, 0.05) is 30.9 Å². The number of aromatic nitrogens is 2. The Balaban J connectivity index is 1.95. The van der Waals surface area contributed by atoms with Crippen molar-refractivity contribution in [1.82, 2.24) is 15.3 Å². The average Bonchev–Trinajstić information content (AvgIpc) is 2.77. The predicted molar refractivity (Wildman–Crippen MR) is 131 cm³/mol. The van der Waals surface area contributed by atoms with E-state index in [-0.39, 0.29) is 17.1 Å². The number of amidine groups is 1. The summed E-state index contributed by atoms with van der Waals surface area (Å²) < 4.78 is 0. The lowest BCUT2D eigenvalue weighted by atomic mass is 9.95. The summed E-state index contributed by atoms with van der Waals surface area (Å²) in [6, 6.07) is 15.2. The molecule has 0 amide bonds. The topological polar surface area (TPSA) is 126 Å². The Morgan fingerprint density at radius 2 is 1.90 bits per heavy atom. The number of nitrogens with one attached hydrogen (secondary N) is 2. The quantitative estimate of drug-likeness (QED) is 0.341. The van der Waals surface area contributed by atoms with Crippen molar-refractivity contribution in [2.24, 2.45) is 22.4 Å². The fourth-order valence-corrected chi connectivity index (χ4v) is 3.53. The first kappa shape index (κ1) is 22.5. The monoisotopic (exact) mass is 433 g/mol. The van der Waals surface area contributed by atoms with Crippen LogP contribution in [0.3, 0.4) is 0 Å². The standard InChI is InChI=1S/C23H27N7S/c1-14(2)22(25)31-23(26)30-20-10-9-18-19(29-20)11-16(12-28-18)17(13-27-3)21(24)15-7-5-4-6-8-15/h4-14,21,25,27H,24H2,1-3H3,(H2,26,29,30)/b17-13-,25-22?. The molecule has 2 heterocycles. The Morgan fingerprint density at radius 3 is 2.58 bits per heavy atom. The second kappa shape index (κ2) is 10.2. The van der Waals surface area contributed by atoms with E-state index in [0.717, 1.165) is 34.0 Å². The van der Waals surface area contributed by atoms with Crippen molar-refractivity contribution in [1.29, 1.82) is 5.41 Å². The van der Waals surface area contributed by atoms with E-state index >= 15 is 0 Å². The SMILES string of the molecule is CN/C=C(/c1cnc2ccc(N=C(N)SC(=N)C(C)C)nc2c1)C(N)c1ccccc1. The van der Waals surface area contributed by atoms with Crippen molar-refractivity contribution in [3.63, 3.8) is 0 Å². The van der Waals surface area contributed by atoms with E-state index in [2.05, 4.69) is 20.3 Å². The smallest absolute Gasteiger partial charge is 0.166 e. The highest BCUT2D eigenvalue weighted by atomic mass is 32.2. The molecule has 7 nitrogen and oxygen atoms in total. The van der Waals surface area contributed by atoms with Gasteiger partial charge in [-0.15, -0.1) is 0 Å². The number of thioether (sulfide) groups is 1. The lowest BCUT2D eigenvalue weighted by molar-refractivity contribution is 0.895. The Bertz CT molecular complexity index is 1120. The van der Waals surface area contributed by atoms with Crippen molar-refractivity contribution < 1.29 is 0 Å². The maximum absolute atomic E-state index is 7.94. The molecule has 0 radical (unpaired) electrons. The molecule has 0 aliphatic rings. The molecule has 2 aromatic heterocycles. The lowest BCUT2D eigenvalue weighted by Gasteiger charge is -2.17. The molecule has 6 N–H and O–H groups in total. The summed E-state index contributed by atoms with van der Waals surface area (Å²) in [6.45, 7) is 3.89. The van der Waals surface area contributed by atoms with Gasteiger partial charge in [0.15, 0.2) is 11.0 Å². The summed E-state index contributed by atoms with van der Waals surface area (Å²) in [7, 11) is 1.84. The van der Waals surface area contributed by atoms with E-state index in [4.69, 9.17) is 16.9 Å². The molecule has 1 aromatic carbocycles. The molecule has 3 aromatic rings. The molecule has 0 aliphatic heterocycles. The minimum Gasteiger partial charge on any atom is -0.394 e. The molecule has 0 saturated carbocycles. The zero-order chi connectivity index (χ0) is 22.4. The van der Waals surface area contributed by atoms with Gasteiger partial charge in [0.1, 0.15) is 0 Å². The molecule has 0 fully saturated rings. The Morgan fingerprint density at radius 1 is 1.16 bits per heavy atom. The minimum atomic E-state index is -0.316. The number of benzene rings is 1. The van der Waals surface area contributed by atoms with Crippen molar-refractivity contribution in [2.45, 2.75) is 19.9 Å². The van der Waals surface area contributed by atoms with E-state index in [1.807, 2.05) is 69.6 Å². The van der Waals surface area contributed by atoms with Crippen molar-refractivity contribution >= 4 is 44.4 Å². The van der Waals surface area contributed by atoms with Crippen LogP contribution in [-0.2, 0) is 0 Å². The van der Waals surface area contributed by atoms with Gasteiger partial charge in [-0.25, -0.2) is 9.98 Å². The lowest BCUT2D eigenvalue weighted by Crippen LogP contribution is -2.14. The first-order chi connectivity index (χ1) is 14.9. The summed E-state index contributed by atoms with van der Waals surface area (Å²) in [4.78, 5) is 13.5. The van der Waals surface area contributed by atoms with Crippen LogP contribution >= 0.6 is 11.8 Å². The molecule has 3 rings (SSSR count). The first-order valence-corrected chi connectivity index (χ1v) is 10.8. The largest absolute Gasteiger partial charge is 0.394 e. The molecule has 0 bridgehead atoms. The third-order valence-corrected chi connectivity index (χ3v) is 5.60. The van der Waals surface area contributed by atoms with Gasteiger partial charge in [0.25, 0.3) is 0 Å². The van der Waals surface area contributed by atoms with Crippen LogP contribution in [0.2, 0.25) is 0 Å². The first-order valence-electron chi connectivity index (χ1n) is 9.94. The van der Waals surface area contributed by atoms with E-state index in [1.165, 1.54) is 0 Å². The van der Waals surface area contributed by atoms with Crippen LogP contribution in [0.25, 0.3) is 16.6 Å². The minimum absolute atomic E-state index is 0.0984. The van der Waals surface area contributed by atoms with Crippen molar-refractivity contribution in [3.05, 3.63) is 72.1 Å². The molecule has 31 heavy (non-hydrogen) atoms. The number of fused-ring (bicyclic) bond motifs is 1. The summed E-state index contributed by atoms with van der Waals surface area (Å²) in [5.41, 5.74) is 16.8. The predicted octanol–water partition coefficient (Wildman–Crippen LogP) is 4.20. The van der Waals surface area contributed by atoms with Crippen LogP contribution in [0, 0.1) is 11.3 Å². The van der Waals surface area contributed by atoms with Crippen LogP contribution in [0.15, 0.2) is 65.9 Å². The molecular formula is C23H27N7S. The van der Waals surface area contributed by atoms with Gasteiger partial charge in [-0.1, -0.05) is 44.2 Å². The molecule has 1 unspecified atom stereocenters. The summed E-state index contributed by atoms with van der Waals surface area (Å²) in [6.07, 6.45) is 3.68. The molecule has 8 heteroatoms. The highest BCUT2D eigenvalue weighted by Gasteiger charge is 2.15. The fourth-order valence-electron chi connectivity index (χ4n) is 2.93. The molecule has 0 aliphatic carbocycles. The maximum atomic E-state index is 7.94. The van der Waals surface area contributed by atoms with Crippen LogP contribution in [0.1, 0.15) is 31.0 Å². The van der Waals surface area contributed by atoms with Gasteiger partial charge in [-0.05, 0) is 41.1 Å². The Hall–Kier alpha value is -3.23. The van der Waals surface area contributed by atoms with Gasteiger partial charge < -0.3 is 16.8 Å². The summed E-state index contributed by atoms with van der Waals surface area (Å²) in [5.74, 6) is 0.570. The third-order valence-electron chi connectivity index (χ3n) is 4.61. The highest BCUT2D eigenvalue weighted by Crippen LogP contribution is 2.29. The summed E-state index contributed by atoms with van der Waals surface area (Å²) in [5, 5.41) is 11.8. The second-order valence-corrected chi connectivity index (χ2v) is 8.34. The molecule has 0 saturated heterocycles. The van der Waals surface area contributed by atoms with E-state index in [9.17, 15) is 0 Å². The second-order valence-electron chi connectivity index (χ2n) is 7.28. The van der Waals surface area contributed by atoms with Crippen LogP contribution in [0.4, 0.5) is 5.82 Å². The van der Waals surface area contributed by atoms with Crippen LogP contribution in [0.5, 0.6) is 0 Å². The number of pyridine rings is 2.